The van der Waals surface area contributed by atoms with Crippen LogP contribution in [0.1, 0.15) is 23.1 Å². The summed E-state index contributed by atoms with van der Waals surface area (Å²) in [6, 6.07) is 3.46. The number of alkyl halides is 2. The molecule has 2 N–H and O–H groups in total. The molecule has 0 spiro atoms. The molecule has 6 nitrogen and oxygen atoms in total. The van der Waals surface area contributed by atoms with Crippen molar-refractivity contribution in [3.05, 3.63) is 28.8 Å². The number of hydrogen-bond donors (Lipinski definition) is 2. The van der Waals surface area contributed by atoms with Crippen molar-refractivity contribution in [3.8, 4) is 5.75 Å². The molecule has 0 aromatic heterocycles. The van der Waals surface area contributed by atoms with Crippen molar-refractivity contribution >= 4 is 23.5 Å². The van der Waals surface area contributed by atoms with E-state index in [9.17, 15) is 8.78 Å². The fourth-order valence-electron chi connectivity index (χ4n) is 2.87. The van der Waals surface area contributed by atoms with Gasteiger partial charge in [-0.15, -0.1) is 0 Å². The van der Waals surface area contributed by atoms with Gasteiger partial charge in [-0.1, -0.05) is 0 Å². The molecule has 0 radical (unpaired) electrons. The predicted octanol–water partition coefficient (Wildman–Crippen LogP) is 2.43. The molecule has 0 amide bonds. The van der Waals surface area contributed by atoms with Crippen LogP contribution in [0, 0.1) is 13.8 Å². The summed E-state index contributed by atoms with van der Waals surface area (Å²) >= 11 is 5.19. The molecule has 9 heteroatoms. The Morgan fingerprint density at radius 3 is 2.63 bits per heavy atom. The van der Waals surface area contributed by atoms with Crippen LogP contribution < -0.4 is 15.5 Å². The molecular weight excluding hydrogens is 374 g/mol. The number of benzene rings is 1. The van der Waals surface area contributed by atoms with E-state index in [1.807, 2.05) is 0 Å². The zero-order valence-electron chi connectivity index (χ0n) is 15.6. The number of nitrogens with zero attached hydrogens (tertiary/aromatic N) is 2. The highest BCUT2D eigenvalue weighted by molar-refractivity contribution is 7.80. The first-order chi connectivity index (χ1) is 13.0. The van der Waals surface area contributed by atoms with Crippen molar-refractivity contribution in [2.75, 3.05) is 39.4 Å². The molecule has 2 rings (SSSR count). The number of thiocarbonyl (C=S) groups is 1. The Hall–Kier alpha value is -1.84. The number of rotatable bonds is 8. The van der Waals surface area contributed by atoms with E-state index in [1.54, 1.807) is 32.2 Å². The van der Waals surface area contributed by atoms with Crippen molar-refractivity contribution < 1.29 is 18.3 Å². The summed E-state index contributed by atoms with van der Waals surface area (Å²) in [4.78, 5) is 2.37. The largest absolute Gasteiger partial charge is 0.434 e. The summed E-state index contributed by atoms with van der Waals surface area (Å²) in [6.07, 6.45) is 2.57. The smallest absolute Gasteiger partial charge is 0.387 e. The molecule has 27 heavy (non-hydrogen) atoms. The Morgan fingerprint density at radius 1 is 1.33 bits per heavy atom. The normalized spacial score (nSPS) is 15.3. The summed E-state index contributed by atoms with van der Waals surface area (Å²) < 4.78 is 34.7. The standard InChI is InChI=1S/C18H26F2N4O2S/c1-13-10-15(11-14(2)16(13)26-17(19)20)12-22-23-18(27)21-4-3-5-24-6-8-25-9-7-24/h10-12,17H,3-9H2,1-2H3,(H2,21,23,27)/b22-12-. The van der Waals surface area contributed by atoms with Gasteiger partial charge in [-0.2, -0.15) is 13.9 Å². The molecule has 1 aliphatic rings. The third kappa shape index (κ3) is 7.74. The molecule has 1 aromatic rings. The van der Waals surface area contributed by atoms with Crippen molar-refractivity contribution in [2.24, 2.45) is 5.10 Å². The van der Waals surface area contributed by atoms with E-state index < -0.39 is 6.61 Å². The fourth-order valence-corrected chi connectivity index (χ4v) is 3.02. The average molecular weight is 400 g/mol. The van der Waals surface area contributed by atoms with Gasteiger partial charge in [0.25, 0.3) is 0 Å². The Bertz CT molecular complexity index is 629. The first-order valence-electron chi connectivity index (χ1n) is 8.89. The highest BCUT2D eigenvalue weighted by atomic mass is 32.1. The first-order valence-corrected chi connectivity index (χ1v) is 9.29. The highest BCUT2D eigenvalue weighted by Gasteiger charge is 2.11. The van der Waals surface area contributed by atoms with Gasteiger partial charge in [0, 0.05) is 19.6 Å². The fraction of sp³-hybridized carbons (Fsp3) is 0.556. The van der Waals surface area contributed by atoms with Gasteiger partial charge >= 0.3 is 6.61 Å². The molecule has 1 aliphatic heterocycles. The third-order valence-corrected chi connectivity index (χ3v) is 4.35. The van der Waals surface area contributed by atoms with E-state index in [2.05, 4.69) is 25.5 Å². The number of hydrazone groups is 1. The lowest BCUT2D eigenvalue weighted by Crippen LogP contribution is -2.39. The van der Waals surface area contributed by atoms with Crippen LogP contribution in [0.15, 0.2) is 17.2 Å². The molecule has 1 heterocycles. The SMILES string of the molecule is Cc1cc(/C=N\NC(=S)NCCCN2CCOCC2)cc(C)c1OC(F)F. The van der Waals surface area contributed by atoms with E-state index in [0.29, 0.717) is 16.2 Å². The summed E-state index contributed by atoms with van der Waals surface area (Å²) in [6.45, 7) is 5.93. The van der Waals surface area contributed by atoms with E-state index in [4.69, 9.17) is 17.0 Å². The lowest BCUT2D eigenvalue weighted by atomic mass is 10.1. The quantitative estimate of drug-likeness (QED) is 0.303. The first kappa shape index (κ1) is 21.5. The van der Waals surface area contributed by atoms with Crippen LogP contribution in [0.4, 0.5) is 8.78 Å². The minimum atomic E-state index is -2.84. The third-order valence-electron chi connectivity index (χ3n) is 4.11. The summed E-state index contributed by atoms with van der Waals surface area (Å²) in [5.74, 6) is 0.201. The van der Waals surface area contributed by atoms with Gasteiger partial charge in [0.15, 0.2) is 5.11 Å². The van der Waals surface area contributed by atoms with Crippen LogP contribution in [-0.4, -0.2) is 62.2 Å². The Labute approximate surface area is 163 Å². The van der Waals surface area contributed by atoms with E-state index in [-0.39, 0.29) is 5.75 Å². The summed E-state index contributed by atoms with van der Waals surface area (Å²) in [7, 11) is 0. The monoisotopic (exact) mass is 400 g/mol. The van der Waals surface area contributed by atoms with Crippen LogP contribution in [0.5, 0.6) is 5.75 Å². The average Bonchev–Trinajstić information content (AvgIpc) is 2.62. The highest BCUT2D eigenvalue weighted by Crippen LogP contribution is 2.25. The number of aryl methyl sites for hydroxylation is 2. The predicted molar refractivity (Wildman–Crippen MR) is 106 cm³/mol. The lowest BCUT2D eigenvalue weighted by Gasteiger charge is -2.26. The Balaban J connectivity index is 1.71. The summed E-state index contributed by atoms with van der Waals surface area (Å²) in [5.41, 5.74) is 4.78. The Morgan fingerprint density at radius 2 is 2.00 bits per heavy atom. The number of nitrogens with one attached hydrogen (secondary N) is 2. The van der Waals surface area contributed by atoms with Gasteiger partial charge in [-0.05, 0) is 67.9 Å². The van der Waals surface area contributed by atoms with Gasteiger partial charge in [0.1, 0.15) is 5.75 Å². The van der Waals surface area contributed by atoms with Crippen molar-refractivity contribution in [3.63, 3.8) is 0 Å². The Kier molecular flexibility index (Phi) is 8.83. The van der Waals surface area contributed by atoms with Crippen molar-refractivity contribution in [1.82, 2.24) is 15.6 Å². The van der Waals surface area contributed by atoms with Crippen LogP contribution in [0.25, 0.3) is 0 Å². The van der Waals surface area contributed by atoms with Crippen LogP contribution in [-0.2, 0) is 4.74 Å². The second-order valence-corrected chi connectivity index (χ2v) is 6.70. The zero-order valence-corrected chi connectivity index (χ0v) is 16.5. The molecule has 0 bridgehead atoms. The van der Waals surface area contributed by atoms with Crippen LogP contribution >= 0.6 is 12.2 Å². The molecule has 0 aliphatic carbocycles. The lowest BCUT2D eigenvalue weighted by molar-refractivity contribution is -0.0507. The number of hydrogen-bond acceptors (Lipinski definition) is 5. The maximum absolute atomic E-state index is 12.4. The maximum Gasteiger partial charge on any atom is 0.387 e. The molecule has 0 atom stereocenters. The van der Waals surface area contributed by atoms with Gasteiger partial charge in [-0.25, -0.2) is 0 Å². The number of morpholine rings is 1. The minimum absolute atomic E-state index is 0.201. The van der Waals surface area contributed by atoms with Gasteiger partial charge in [0.2, 0.25) is 0 Å². The van der Waals surface area contributed by atoms with E-state index in [1.165, 1.54) is 0 Å². The van der Waals surface area contributed by atoms with Gasteiger partial charge < -0.3 is 14.8 Å². The van der Waals surface area contributed by atoms with Crippen LogP contribution in [0.2, 0.25) is 0 Å². The molecule has 1 fully saturated rings. The van der Waals surface area contributed by atoms with Gasteiger partial charge in [0.05, 0.1) is 19.4 Å². The molecule has 0 unspecified atom stereocenters. The zero-order chi connectivity index (χ0) is 19.6. The van der Waals surface area contributed by atoms with Gasteiger partial charge in [-0.3, -0.25) is 10.3 Å². The topological polar surface area (TPSA) is 58.1 Å². The van der Waals surface area contributed by atoms with E-state index >= 15 is 0 Å². The maximum atomic E-state index is 12.4. The van der Waals surface area contributed by atoms with Crippen molar-refractivity contribution in [1.29, 1.82) is 0 Å². The molecule has 150 valence electrons. The minimum Gasteiger partial charge on any atom is -0.434 e. The molecular formula is C18H26F2N4O2S. The summed E-state index contributed by atoms with van der Waals surface area (Å²) in [5, 5.41) is 7.64. The second-order valence-electron chi connectivity index (χ2n) is 6.30. The molecule has 0 saturated carbocycles. The second kappa shape index (κ2) is 11.1. The van der Waals surface area contributed by atoms with Crippen molar-refractivity contribution in [2.45, 2.75) is 26.9 Å². The van der Waals surface area contributed by atoms with E-state index in [0.717, 1.165) is 51.4 Å². The number of ether oxygens (including phenoxy) is 2. The molecule has 1 saturated heterocycles. The van der Waals surface area contributed by atoms with Crippen LogP contribution in [0.3, 0.4) is 0 Å². The molecule has 1 aromatic carbocycles. The number of halogens is 2.